The lowest BCUT2D eigenvalue weighted by Crippen LogP contribution is -2.45. The number of hydrogen-bond donors (Lipinski definition) is 3. The van der Waals surface area contributed by atoms with E-state index in [-0.39, 0.29) is 50.4 Å². The van der Waals surface area contributed by atoms with E-state index in [2.05, 4.69) is 27.2 Å². The Morgan fingerprint density at radius 2 is 2.00 bits per heavy atom. The topological polar surface area (TPSA) is 135 Å². The summed E-state index contributed by atoms with van der Waals surface area (Å²) in [7, 11) is 0. The molecule has 1 aromatic heterocycles. The van der Waals surface area contributed by atoms with Crippen LogP contribution in [0.4, 0.5) is 10.5 Å². The van der Waals surface area contributed by atoms with Crippen LogP contribution in [-0.2, 0) is 4.74 Å². The van der Waals surface area contributed by atoms with Crippen LogP contribution in [0.5, 0.6) is 11.6 Å². The van der Waals surface area contributed by atoms with Gasteiger partial charge < -0.3 is 20.5 Å². The lowest BCUT2D eigenvalue weighted by Gasteiger charge is -2.24. The van der Waals surface area contributed by atoms with Crippen molar-refractivity contribution in [3.8, 4) is 11.6 Å². The lowest BCUT2D eigenvalue weighted by molar-refractivity contribution is 0.193. The molecule has 30 heavy (non-hydrogen) atoms. The number of nitrogens with one attached hydrogen (secondary N) is 2. The Balaban J connectivity index is 1.64. The van der Waals surface area contributed by atoms with E-state index >= 15 is 0 Å². The van der Waals surface area contributed by atoms with E-state index in [4.69, 9.17) is 38.4 Å². The number of amidine groups is 1. The average molecular weight is 451 g/mol. The number of aromatic amines is 1. The first kappa shape index (κ1) is 20.2. The van der Waals surface area contributed by atoms with Crippen molar-refractivity contribution in [2.75, 3.05) is 18.2 Å². The number of H-pyrrole nitrogens is 1. The van der Waals surface area contributed by atoms with Crippen molar-refractivity contribution in [2.24, 2.45) is 10.8 Å². The van der Waals surface area contributed by atoms with Gasteiger partial charge in [0.15, 0.2) is 11.6 Å². The van der Waals surface area contributed by atoms with E-state index in [9.17, 15) is 9.59 Å². The van der Waals surface area contributed by atoms with Gasteiger partial charge in [-0.2, -0.15) is 5.01 Å². The number of anilines is 1. The van der Waals surface area contributed by atoms with E-state index in [0.717, 1.165) is 11.4 Å². The molecule has 1 aromatic carbocycles. The van der Waals surface area contributed by atoms with Gasteiger partial charge in [-0.1, -0.05) is 29.8 Å². The van der Waals surface area contributed by atoms with Gasteiger partial charge >= 0.3 is 6.03 Å². The Bertz CT molecular complexity index is 1100. The summed E-state index contributed by atoms with van der Waals surface area (Å²) >= 11 is 12.7. The predicted octanol–water partition coefficient (Wildman–Crippen LogP) is 2.69. The van der Waals surface area contributed by atoms with Crippen molar-refractivity contribution < 1.29 is 14.3 Å². The largest absolute Gasteiger partial charge is 0.434 e. The maximum absolute atomic E-state index is 12.2. The van der Waals surface area contributed by atoms with E-state index in [1.165, 1.54) is 18.2 Å². The van der Waals surface area contributed by atoms with Crippen molar-refractivity contribution in [3.05, 3.63) is 56.4 Å². The third kappa shape index (κ3) is 3.84. The molecule has 0 aliphatic carbocycles. The first-order valence-corrected chi connectivity index (χ1v) is 9.58. The predicted molar refractivity (Wildman–Crippen MR) is 111 cm³/mol. The highest BCUT2D eigenvalue weighted by Gasteiger charge is 2.26. The molecule has 0 bridgehead atoms. The molecule has 0 saturated carbocycles. The fourth-order valence-corrected chi connectivity index (χ4v) is 3.59. The molecule has 4 rings (SSSR count). The molecule has 2 aromatic rings. The summed E-state index contributed by atoms with van der Waals surface area (Å²) in [6, 6.07) is 3.84. The Morgan fingerprint density at radius 1 is 1.27 bits per heavy atom. The normalized spacial score (nSPS) is 18.9. The van der Waals surface area contributed by atoms with Gasteiger partial charge in [0, 0.05) is 24.2 Å². The number of ether oxygens (including phenoxy) is 2. The number of carbonyl (C=O) groups excluding carboxylic acids is 1. The first-order valence-electron chi connectivity index (χ1n) is 8.82. The number of amides is 2. The summed E-state index contributed by atoms with van der Waals surface area (Å²) in [5.41, 5.74) is 6.38. The van der Waals surface area contributed by atoms with Crippen molar-refractivity contribution in [1.82, 2.24) is 15.5 Å². The number of nitrogens with two attached hydrogens (primary N) is 1. The Labute approximate surface area is 180 Å². The molecule has 3 heterocycles. The van der Waals surface area contributed by atoms with Gasteiger partial charge in [0.05, 0.1) is 28.0 Å². The summed E-state index contributed by atoms with van der Waals surface area (Å²) in [5.74, 6) is 0.225. The highest BCUT2D eigenvalue weighted by Crippen LogP contribution is 2.40. The minimum Gasteiger partial charge on any atom is -0.434 e. The number of hydrazone groups is 1. The van der Waals surface area contributed by atoms with E-state index in [0.29, 0.717) is 18.8 Å². The van der Waals surface area contributed by atoms with Gasteiger partial charge in [0.1, 0.15) is 0 Å². The van der Waals surface area contributed by atoms with Gasteiger partial charge in [0.25, 0.3) is 5.56 Å². The van der Waals surface area contributed by atoms with Gasteiger partial charge in [-0.3, -0.25) is 4.79 Å². The molecule has 2 aliphatic heterocycles. The highest BCUT2D eigenvalue weighted by atomic mass is 35.5. The van der Waals surface area contributed by atoms with Gasteiger partial charge in [-0.15, -0.1) is 10.2 Å². The number of benzene rings is 1. The summed E-state index contributed by atoms with van der Waals surface area (Å²) < 4.78 is 11.1. The molecule has 2 aliphatic rings. The maximum atomic E-state index is 12.2. The van der Waals surface area contributed by atoms with Crippen LogP contribution >= 0.6 is 23.2 Å². The number of hydrogen-bond acceptors (Lipinski definition) is 7. The molecule has 0 spiro atoms. The van der Waals surface area contributed by atoms with Crippen molar-refractivity contribution in [2.45, 2.75) is 12.3 Å². The van der Waals surface area contributed by atoms with Gasteiger partial charge in [-0.05, 0) is 18.6 Å². The van der Waals surface area contributed by atoms with Crippen molar-refractivity contribution >= 4 is 40.8 Å². The monoisotopic (exact) mass is 450 g/mol. The van der Waals surface area contributed by atoms with E-state index in [1.54, 1.807) is 0 Å². The second kappa shape index (κ2) is 7.98. The molecule has 1 unspecified atom stereocenters. The average Bonchev–Trinajstić information content (AvgIpc) is 3.23. The molecule has 12 heteroatoms. The molecule has 4 N–H and O–H groups in total. The van der Waals surface area contributed by atoms with Crippen molar-refractivity contribution in [3.63, 3.8) is 0 Å². The third-order valence-electron chi connectivity index (χ3n) is 4.58. The second-order valence-electron chi connectivity index (χ2n) is 6.60. The summed E-state index contributed by atoms with van der Waals surface area (Å²) in [6.45, 7) is 4.63. The molecule has 156 valence electrons. The Kier molecular flexibility index (Phi) is 5.37. The molecule has 2 amide bonds. The zero-order valence-corrected chi connectivity index (χ0v) is 17.0. The molecule has 1 atom stereocenters. The van der Waals surface area contributed by atoms with Crippen LogP contribution < -0.4 is 26.4 Å². The standard InChI is InChI=1S/C18H16Cl2N6O4/c1-8-16(21)25-26(18(28)22-8)10-4-12(19)15(13(20)5-10)30-14-6-11(17(27)24-23-14)9-2-3-29-7-9/h4-6,9H,1-3,7H2,(H2,21,25)(H,22,28)(H,24,27). The third-order valence-corrected chi connectivity index (χ3v) is 5.14. The first-order chi connectivity index (χ1) is 14.3. The number of carbonyl (C=O) groups is 1. The zero-order valence-electron chi connectivity index (χ0n) is 15.4. The van der Waals surface area contributed by atoms with Gasteiger partial charge in [0.2, 0.25) is 5.88 Å². The summed E-state index contributed by atoms with van der Waals surface area (Å²) in [4.78, 5) is 24.3. The number of halogens is 2. The highest BCUT2D eigenvalue weighted by molar-refractivity contribution is 6.37. The molecular formula is C18H16Cl2N6O4. The lowest BCUT2D eigenvalue weighted by atomic mass is 10.0. The SMILES string of the molecule is C=C1NC(=O)N(c2cc(Cl)c(Oc3cc(C4CCOC4)c(=O)[nH]n3)c(Cl)c2)N=C1N. The fourth-order valence-electron chi connectivity index (χ4n) is 3.04. The molecule has 10 nitrogen and oxygen atoms in total. The second-order valence-corrected chi connectivity index (χ2v) is 7.41. The van der Waals surface area contributed by atoms with Crippen LogP contribution in [-0.4, -0.2) is 35.3 Å². The number of urea groups is 1. The maximum Gasteiger partial charge on any atom is 0.347 e. The van der Waals surface area contributed by atoms with Crippen LogP contribution in [0.3, 0.4) is 0 Å². The van der Waals surface area contributed by atoms with Gasteiger partial charge in [-0.25, -0.2) is 9.89 Å². The van der Waals surface area contributed by atoms with Crippen LogP contribution in [0.25, 0.3) is 0 Å². The number of rotatable bonds is 4. The Morgan fingerprint density at radius 3 is 2.67 bits per heavy atom. The van der Waals surface area contributed by atoms with E-state index in [1.807, 2.05) is 0 Å². The Hall–Kier alpha value is -3.08. The minimum atomic E-state index is -0.569. The smallest absolute Gasteiger partial charge is 0.347 e. The number of aromatic nitrogens is 2. The van der Waals surface area contributed by atoms with Crippen molar-refractivity contribution in [1.29, 1.82) is 0 Å². The van der Waals surface area contributed by atoms with E-state index < -0.39 is 6.03 Å². The molecule has 0 radical (unpaired) electrons. The quantitative estimate of drug-likeness (QED) is 0.654. The van der Waals surface area contributed by atoms with Crippen LogP contribution in [0, 0.1) is 0 Å². The molecular weight excluding hydrogens is 435 g/mol. The summed E-state index contributed by atoms with van der Waals surface area (Å²) in [5, 5.41) is 13.9. The fraction of sp³-hybridized carbons (Fsp3) is 0.222. The number of nitrogens with zero attached hydrogens (tertiary/aromatic N) is 3. The molecule has 1 saturated heterocycles. The van der Waals surface area contributed by atoms with Crippen LogP contribution in [0.15, 0.2) is 40.4 Å². The zero-order chi connectivity index (χ0) is 21.4. The van der Waals surface area contributed by atoms with Crippen LogP contribution in [0.2, 0.25) is 10.0 Å². The van der Waals surface area contributed by atoms with Crippen LogP contribution in [0.1, 0.15) is 17.9 Å². The molecule has 1 fully saturated rings. The summed E-state index contributed by atoms with van der Waals surface area (Å²) in [6.07, 6.45) is 0.733. The minimum absolute atomic E-state index is 0.0388.